The quantitative estimate of drug-likeness (QED) is 0.283. The van der Waals surface area contributed by atoms with E-state index in [1.807, 2.05) is 0 Å². The first kappa shape index (κ1) is 18.3. The van der Waals surface area contributed by atoms with Gasteiger partial charge in [0.05, 0.1) is 19.9 Å². The number of hydrogen-bond acceptors (Lipinski definition) is 10. The Balaban J connectivity index is 3.07. The van der Waals surface area contributed by atoms with Crippen molar-refractivity contribution < 1.29 is 48.5 Å². The van der Waals surface area contributed by atoms with Gasteiger partial charge < -0.3 is 48.5 Å². The molecule has 0 aromatic heterocycles. The van der Waals surface area contributed by atoms with Crippen molar-refractivity contribution in [3.63, 3.8) is 0 Å². The molecular formula is C11H11O10P-4. The van der Waals surface area contributed by atoms with E-state index in [0.717, 1.165) is 12.2 Å². The zero-order valence-electron chi connectivity index (χ0n) is 11.2. The van der Waals surface area contributed by atoms with Crippen LogP contribution in [0, 0.1) is 0 Å². The second-order valence-corrected chi connectivity index (χ2v) is 5.39. The van der Waals surface area contributed by atoms with Crippen molar-refractivity contribution in [3.8, 4) is 0 Å². The molecule has 0 radical (unpaired) electrons. The lowest BCUT2D eigenvalue weighted by atomic mass is 9.92. The predicted molar refractivity (Wildman–Crippen MR) is 59.8 cm³/mol. The molecule has 22 heavy (non-hydrogen) atoms. The molecule has 0 spiro atoms. The van der Waals surface area contributed by atoms with Gasteiger partial charge in [0.2, 0.25) is 0 Å². The normalized spacial score (nSPS) is 26.3. The molecule has 0 heterocycles. The maximum absolute atomic E-state index is 10.9. The fraction of sp³-hybridized carbons (Fsp3) is 0.455. The van der Waals surface area contributed by atoms with Crippen LogP contribution in [0.15, 0.2) is 23.5 Å². The molecule has 1 aliphatic carbocycles. The SMILES string of the molecule is C/C=C(\O[C@@H]1C=C(C(=O)[O-])C[C@@H](OP(=O)([O-])[O-])[C@H]1O)C(=O)[O-]. The summed E-state index contributed by atoms with van der Waals surface area (Å²) in [6.07, 6.45) is -3.94. The Morgan fingerprint density at radius 1 is 1.41 bits per heavy atom. The first-order valence-corrected chi connectivity index (χ1v) is 7.36. The van der Waals surface area contributed by atoms with Gasteiger partial charge in [0, 0.05) is 6.42 Å². The number of carbonyl (C=O) groups is 2. The third-order valence-corrected chi connectivity index (χ3v) is 3.29. The summed E-state index contributed by atoms with van der Waals surface area (Å²) in [5.74, 6) is -4.17. The number of allylic oxidation sites excluding steroid dienone is 1. The minimum atomic E-state index is -5.51. The molecule has 124 valence electrons. The summed E-state index contributed by atoms with van der Waals surface area (Å²) in [6, 6.07) is 0. The minimum Gasteiger partial charge on any atom is -0.790 e. The van der Waals surface area contributed by atoms with E-state index in [-0.39, 0.29) is 0 Å². The molecule has 0 aromatic carbocycles. The largest absolute Gasteiger partial charge is 0.790 e. The van der Waals surface area contributed by atoms with Crippen molar-refractivity contribution in [2.75, 3.05) is 0 Å². The van der Waals surface area contributed by atoms with E-state index in [9.17, 15) is 39.3 Å². The van der Waals surface area contributed by atoms with Crippen LogP contribution in [0.4, 0.5) is 0 Å². The van der Waals surface area contributed by atoms with Gasteiger partial charge in [0.15, 0.2) is 0 Å². The number of phosphoric acid groups is 1. The Kier molecular flexibility index (Phi) is 5.86. The summed E-state index contributed by atoms with van der Waals surface area (Å²) in [6.45, 7) is 1.28. The third-order valence-electron chi connectivity index (χ3n) is 2.76. The zero-order chi connectivity index (χ0) is 17.1. The average molecular weight is 334 g/mol. The number of aliphatic hydroxyl groups excluding tert-OH is 1. The lowest BCUT2D eigenvalue weighted by Gasteiger charge is -2.40. The van der Waals surface area contributed by atoms with Crippen molar-refractivity contribution in [3.05, 3.63) is 23.5 Å². The van der Waals surface area contributed by atoms with Crippen molar-refractivity contribution >= 4 is 19.8 Å². The molecule has 0 aromatic rings. The Hall–Kier alpha value is -1.71. The van der Waals surface area contributed by atoms with Crippen LogP contribution in [0.5, 0.6) is 0 Å². The van der Waals surface area contributed by atoms with E-state index in [4.69, 9.17) is 4.74 Å². The summed E-state index contributed by atoms with van der Waals surface area (Å²) in [4.78, 5) is 42.8. The molecule has 1 aliphatic rings. The van der Waals surface area contributed by atoms with E-state index in [1.54, 1.807) is 0 Å². The number of phosphoric ester groups is 1. The highest BCUT2D eigenvalue weighted by molar-refractivity contribution is 7.43. The summed E-state index contributed by atoms with van der Waals surface area (Å²) >= 11 is 0. The van der Waals surface area contributed by atoms with Crippen LogP contribution in [0.25, 0.3) is 0 Å². The second-order valence-electron chi connectivity index (χ2n) is 4.29. The van der Waals surface area contributed by atoms with E-state index >= 15 is 0 Å². The topological polar surface area (TPSA) is 182 Å². The Morgan fingerprint density at radius 3 is 2.41 bits per heavy atom. The molecule has 0 aliphatic heterocycles. The molecule has 10 nitrogen and oxygen atoms in total. The van der Waals surface area contributed by atoms with Crippen LogP contribution >= 0.6 is 7.82 Å². The number of carboxylic acids is 2. The van der Waals surface area contributed by atoms with Gasteiger partial charge in [-0.15, -0.1) is 0 Å². The van der Waals surface area contributed by atoms with E-state index in [2.05, 4.69) is 4.52 Å². The number of rotatable bonds is 6. The lowest BCUT2D eigenvalue weighted by Crippen LogP contribution is -2.46. The Morgan fingerprint density at radius 2 is 2.00 bits per heavy atom. The van der Waals surface area contributed by atoms with Crippen molar-refractivity contribution in [1.82, 2.24) is 0 Å². The molecule has 0 bridgehead atoms. The van der Waals surface area contributed by atoms with Gasteiger partial charge in [0.25, 0.3) is 0 Å². The molecule has 0 unspecified atom stereocenters. The molecule has 11 heteroatoms. The minimum absolute atomic E-state index is 0.512. The Labute approximate surface area is 124 Å². The van der Waals surface area contributed by atoms with E-state index in [1.165, 1.54) is 6.92 Å². The number of aliphatic hydroxyl groups is 1. The molecule has 0 fully saturated rings. The Bertz CT molecular complexity index is 559. The number of carboxylic acid groups (broad SMARTS) is 2. The van der Waals surface area contributed by atoms with Crippen LogP contribution in [0.1, 0.15) is 13.3 Å². The number of hydrogen-bond donors (Lipinski definition) is 1. The molecule has 1 N–H and O–H groups in total. The van der Waals surface area contributed by atoms with Gasteiger partial charge in [-0.25, -0.2) is 0 Å². The molecule has 3 atom stereocenters. The fourth-order valence-electron chi connectivity index (χ4n) is 1.82. The predicted octanol–water partition coefficient (Wildman–Crippen LogP) is -4.32. The van der Waals surface area contributed by atoms with Crippen molar-refractivity contribution in [2.24, 2.45) is 0 Å². The molecule has 0 saturated heterocycles. The summed E-state index contributed by atoms with van der Waals surface area (Å²) in [5.41, 5.74) is -0.512. The van der Waals surface area contributed by atoms with Crippen molar-refractivity contribution in [1.29, 1.82) is 0 Å². The van der Waals surface area contributed by atoms with Crippen LogP contribution in [0.2, 0.25) is 0 Å². The standard InChI is InChI=1S/C11H15O10P/c1-2-6(11(15)16)20-7-3-5(10(13)14)4-8(9(7)12)21-22(17,18)19/h2-3,7-9,12H,4H2,1H3,(H,13,14)(H,15,16)(H2,17,18,19)/p-4/b6-2-/t7-,8-,9+/m1/s1. The number of ether oxygens (including phenoxy) is 1. The van der Waals surface area contributed by atoms with Gasteiger partial charge in [-0.05, 0) is 24.6 Å². The number of aliphatic carboxylic acids is 2. The summed E-state index contributed by atoms with van der Waals surface area (Å²) in [7, 11) is -5.51. The van der Waals surface area contributed by atoms with Gasteiger partial charge in [-0.3, -0.25) is 0 Å². The highest BCUT2D eigenvalue weighted by atomic mass is 31.2. The zero-order valence-corrected chi connectivity index (χ0v) is 12.1. The maximum Gasteiger partial charge on any atom is 0.146 e. The van der Waals surface area contributed by atoms with Crippen LogP contribution in [0.3, 0.4) is 0 Å². The van der Waals surface area contributed by atoms with Crippen LogP contribution in [-0.4, -0.2) is 35.4 Å². The summed E-state index contributed by atoms with van der Waals surface area (Å²) in [5, 5.41) is 31.5. The van der Waals surface area contributed by atoms with Crippen LogP contribution < -0.4 is 20.0 Å². The second kappa shape index (κ2) is 7.03. The molecule has 0 amide bonds. The molecule has 0 saturated carbocycles. The first-order valence-electron chi connectivity index (χ1n) is 5.90. The summed E-state index contributed by atoms with van der Waals surface area (Å²) < 4.78 is 19.5. The monoisotopic (exact) mass is 334 g/mol. The molecular weight excluding hydrogens is 323 g/mol. The van der Waals surface area contributed by atoms with E-state index < -0.39 is 55.8 Å². The number of carbonyl (C=O) groups excluding carboxylic acids is 2. The highest BCUT2D eigenvalue weighted by Gasteiger charge is 2.35. The third kappa shape index (κ3) is 4.93. The van der Waals surface area contributed by atoms with E-state index in [0.29, 0.717) is 0 Å². The van der Waals surface area contributed by atoms with Crippen LogP contribution in [-0.2, 0) is 23.4 Å². The van der Waals surface area contributed by atoms with Crippen molar-refractivity contribution in [2.45, 2.75) is 31.7 Å². The fourth-order valence-corrected chi connectivity index (χ4v) is 2.35. The highest BCUT2D eigenvalue weighted by Crippen LogP contribution is 2.35. The molecule has 1 rings (SSSR count). The maximum atomic E-state index is 10.9. The average Bonchev–Trinajstić information content (AvgIpc) is 2.37. The van der Waals surface area contributed by atoms with Gasteiger partial charge >= 0.3 is 0 Å². The van der Waals surface area contributed by atoms with Gasteiger partial charge in [-0.1, -0.05) is 0 Å². The van der Waals surface area contributed by atoms with Gasteiger partial charge in [-0.2, -0.15) is 0 Å². The lowest BCUT2D eigenvalue weighted by molar-refractivity contribution is -0.347. The smallest absolute Gasteiger partial charge is 0.146 e. The first-order chi connectivity index (χ1) is 10.0. The van der Waals surface area contributed by atoms with Gasteiger partial charge in [0.1, 0.15) is 23.9 Å².